The number of ether oxygens (including phenoxy) is 1. The van der Waals surface area contributed by atoms with Gasteiger partial charge in [-0.1, -0.05) is 41.4 Å². The smallest absolute Gasteiger partial charge is 0.323 e. The Labute approximate surface area is 138 Å². The summed E-state index contributed by atoms with van der Waals surface area (Å²) in [6, 6.07) is 3.47. The van der Waals surface area contributed by atoms with E-state index in [1.807, 2.05) is 13.8 Å². The van der Waals surface area contributed by atoms with E-state index in [2.05, 4.69) is 25.4 Å². The minimum atomic E-state index is -3.91. The van der Waals surface area contributed by atoms with Gasteiger partial charge in [-0.2, -0.15) is 4.72 Å². The van der Waals surface area contributed by atoms with Gasteiger partial charge in [0.15, 0.2) is 0 Å². The van der Waals surface area contributed by atoms with Crippen molar-refractivity contribution in [2.24, 2.45) is 5.92 Å². The van der Waals surface area contributed by atoms with Crippen LogP contribution in [0.2, 0.25) is 5.02 Å². The zero-order chi connectivity index (χ0) is 16.2. The topological polar surface area (TPSA) is 72.5 Å². The maximum Gasteiger partial charge on any atom is 0.323 e. The van der Waals surface area contributed by atoms with Gasteiger partial charge in [0.05, 0.1) is 12.1 Å². The molecule has 0 saturated carbocycles. The number of carbonyl (C=O) groups excluding carboxylic acids is 1. The molecule has 1 aromatic rings. The number of carbonyl (C=O) groups is 1. The fourth-order valence-corrected chi connectivity index (χ4v) is 3.98. The minimum absolute atomic E-state index is 0.0741. The van der Waals surface area contributed by atoms with Crippen LogP contribution in [0.4, 0.5) is 0 Å². The molecule has 1 aromatic carbocycles. The van der Waals surface area contributed by atoms with Crippen molar-refractivity contribution in [2.75, 3.05) is 7.11 Å². The molecular weight excluding hydrogens is 382 g/mol. The maximum absolute atomic E-state index is 12.4. The van der Waals surface area contributed by atoms with Crippen LogP contribution >= 0.6 is 27.5 Å². The van der Waals surface area contributed by atoms with Crippen molar-refractivity contribution in [2.45, 2.75) is 31.2 Å². The lowest BCUT2D eigenvalue weighted by Crippen LogP contribution is -2.42. The highest BCUT2D eigenvalue weighted by atomic mass is 79.9. The number of sulfonamides is 1. The summed E-state index contributed by atoms with van der Waals surface area (Å²) in [4.78, 5) is 11.6. The van der Waals surface area contributed by atoms with Crippen LogP contribution in [-0.2, 0) is 19.6 Å². The van der Waals surface area contributed by atoms with E-state index in [0.29, 0.717) is 10.9 Å². The summed E-state index contributed by atoms with van der Waals surface area (Å²) in [6.45, 7) is 3.77. The number of hydrogen-bond acceptors (Lipinski definition) is 4. The lowest BCUT2D eigenvalue weighted by Gasteiger charge is -2.18. The third-order valence-corrected chi connectivity index (χ3v) is 5.12. The number of nitrogens with one attached hydrogen (secondary N) is 1. The normalized spacial score (nSPS) is 13.2. The molecule has 0 aliphatic heterocycles. The molecule has 0 aliphatic rings. The first-order chi connectivity index (χ1) is 9.67. The zero-order valence-corrected chi connectivity index (χ0v) is 15.0. The van der Waals surface area contributed by atoms with Crippen molar-refractivity contribution in [3.05, 3.63) is 27.7 Å². The Morgan fingerprint density at radius 1 is 1.43 bits per heavy atom. The molecule has 1 N–H and O–H groups in total. The number of benzene rings is 1. The molecule has 1 unspecified atom stereocenters. The Morgan fingerprint density at radius 2 is 2.05 bits per heavy atom. The van der Waals surface area contributed by atoms with Gasteiger partial charge in [0.2, 0.25) is 10.0 Å². The lowest BCUT2D eigenvalue weighted by molar-refractivity contribution is -0.143. The largest absolute Gasteiger partial charge is 0.468 e. The molecule has 0 bridgehead atoms. The van der Waals surface area contributed by atoms with Crippen molar-refractivity contribution in [3.63, 3.8) is 0 Å². The van der Waals surface area contributed by atoms with Crippen molar-refractivity contribution < 1.29 is 17.9 Å². The molecule has 8 heteroatoms. The summed E-state index contributed by atoms with van der Waals surface area (Å²) in [5.41, 5.74) is 0. The summed E-state index contributed by atoms with van der Waals surface area (Å²) >= 11 is 9.16. The van der Waals surface area contributed by atoms with E-state index in [0.717, 1.165) is 0 Å². The molecule has 118 valence electrons. The van der Waals surface area contributed by atoms with Gasteiger partial charge in [0, 0.05) is 4.47 Å². The SMILES string of the molecule is COC(=O)C(CC(C)C)NS(=O)(=O)c1ccc(Br)cc1Cl. The number of methoxy groups -OCH3 is 1. The first-order valence-electron chi connectivity index (χ1n) is 6.22. The van der Waals surface area contributed by atoms with Gasteiger partial charge >= 0.3 is 5.97 Å². The van der Waals surface area contributed by atoms with E-state index < -0.39 is 22.0 Å². The number of hydrogen-bond donors (Lipinski definition) is 1. The summed E-state index contributed by atoms with van der Waals surface area (Å²) in [7, 11) is -2.69. The number of rotatable bonds is 6. The Morgan fingerprint density at radius 3 is 2.52 bits per heavy atom. The predicted octanol–water partition coefficient (Wildman–Crippen LogP) is 2.97. The van der Waals surface area contributed by atoms with E-state index in [-0.39, 0.29) is 15.8 Å². The van der Waals surface area contributed by atoms with Gasteiger partial charge in [-0.05, 0) is 30.5 Å². The molecule has 0 fully saturated rings. The van der Waals surface area contributed by atoms with E-state index in [1.54, 1.807) is 6.07 Å². The van der Waals surface area contributed by atoms with E-state index in [4.69, 9.17) is 11.6 Å². The van der Waals surface area contributed by atoms with Crippen LogP contribution in [0.5, 0.6) is 0 Å². The van der Waals surface area contributed by atoms with E-state index in [9.17, 15) is 13.2 Å². The van der Waals surface area contributed by atoms with Crippen molar-refractivity contribution >= 4 is 43.5 Å². The van der Waals surface area contributed by atoms with Crippen LogP contribution in [-0.4, -0.2) is 27.5 Å². The molecule has 0 aromatic heterocycles. The van der Waals surface area contributed by atoms with Gasteiger partial charge in [-0.3, -0.25) is 4.79 Å². The highest BCUT2D eigenvalue weighted by Crippen LogP contribution is 2.25. The van der Waals surface area contributed by atoms with Crippen molar-refractivity contribution in [1.29, 1.82) is 0 Å². The Kier molecular flexibility index (Phi) is 6.65. The van der Waals surface area contributed by atoms with Crippen LogP contribution in [0.15, 0.2) is 27.6 Å². The molecule has 0 heterocycles. The summed E-state index contributed by atoms with van der Waals surface area (Å²) in [5, 5.41) is 0.0741. The van der Waals surface area contributed by atoms with Crippen molar-refractivity contribution in [1.82, 2.24) is 4.72 Å². The lowest BCUT2D eigenvalue weighted by atomic mass is 10.1. The van der Waals surface area contributed by atoms with Gasteiger partial charge < -0.3 is 4.74 Å². The van der Waals surface area contributed by atoms with Crippen LogP contribution in [0.1, 0.15) is 20.3 Å². The maximum atomic E-state index is 12.4. The molecule has 0 spiro atoms. The van der Waals surface area contributed by atoms with Crippen LogP contribution in [0, 0.1) is 5.92 Å². The van der Waals surface area contributed by atoms with Crippen LogP contribution < -0.4 is 4.72 Å². The highest BCUT2D eigenvalue weighted by molar-refractivity contribution is 9.10. The number of halogens is 2. The van der Waals surface area contributed by atoms with Gasteiger partial charge in [-0.25, -0.2) is 8.42 Å². The summed E-state index contributed by atoms with van der Waals surface area (Å²) in [6.07, 6.45) is 0.333. The second kappa shape index (κ2) is 7.58. The second-order valence-corrected chi connectivity index (χ2v) is 7.91. The molecule has 0 aliphatic carbocycles. The Balaban J connectivity index is 3.08. The highest BCUT2D eigenvalue weighted by Gasteiger charge is 2.28. The first-order valence-corrected chi connectivity index (χ1v) is 8.88. The second-order valence-electron chi connectivity index (χ2n) is 4.90. The third kappa shape index (κ3) is 5.25. The Bertz CT molecular complexity index is 619. The fraction of sp³-hybridized carbons (Fsp3) is 0.462. The molecule has 0 radical (unpaired) electrons. The average Bonchev–Trinajstić information content (AvgIpc) is 2.35. The molecule has 1 rings (SSSR count). The molecule has 0 saturated heterocycles. The van der Waals surface area contributed by atoms with E-state index in [1.165, 1.54) is 19.2 Å². The average molecular weight is 399 g/mol. The predicted molar refractivity (Wildman–Crippen MR) is 84.7 cm³/mol. The van der Waals surface area contributed by atoms with Gasteiger partial charge in [0.1, 0.15) is 10.9 Å². The molecule has 21 heavy (non-hydrogen) atoms. The van der Waals surface area contributed by atoms with Gasteiger partial charge in [0.25, 0.3) is 0 Å². The van der Waals surface area contributed by atoms with Crippen molar-refractivity contribution in [3.8, 4) is 0 Å². The molecule has 1 atom stereocenters. The summed E-state index contributed by atoms with van der Waals surface area (Å²) in [5.74, 6) is -0.502. The Hall–Kier alpha value is -0.630. The first kappa shape index (κ1) is 18.4. The molecular formula is C13H17BrClNO4S. The quantitative estimate of drug-likeness (QED) is 0.748. The van der Waals surface area contributed by atoms with E-state index >= 15 is 0 Å². The zero-order valence-electron chi connectivity index (χ0n) is 11.9. The van der Waals surface area contributed by atoms with Crippen LogP contribution in [0.25, 0.3) is 0 Å². The molecule has 5 nitrogen and oxygen atoms in total. The fourth-order valence-electron chi connectivity index (χ4n) is 1.75. The standard InChI is InChI=1S/C13H17BrClNO4S/c1-8(2)6-11(13(17)20-3)16-21(18,19)12-5-4-9(14)7-10(12)15/h4-5,7-8,11,16H,6H2,1-3H3. The van der Waals surface area contributed by atoms with Gasteiger partial charge in [-0.15, -0.1) is 0 Å². The monoisotopic (exact) mass is 397 g/mol. The molecule has 0 amide bonds. The minimum Gasteiger partial charge on any atom is -0.468 e. The number of esters is 1. The summed E-state index contributed by atoms with van der Waals surface area (Å²) < 4.78 is 32.4. The van der Waals surface area contributed by atoms with Crippen LogP contribution in [0.3, 0.4) is 0 Å². The third-order valence-electron chi connectivity index (χ3n) is 2.67.